The van der Waals surface area contributed by atoms with Gasteiger partial charge < -0.3 is 9.47 Å². The molecule has 2 aromatic carbocycles. The van der Waals surface area contributed by atoms with E-state index in [9.17, 15) is 18.0 Å². The topological polar surface area (TPSA) is 52.8 Å². The molecule has 5 nitrogen and oxygen atoms in total. The van der Waals surface area contributed by atoms with Gasteiger partial charge in [0.25, 0.3) is 5.56 Å². The molecule has 180 valence electrons. The Morgan fingerprint density at radius 3 is 2.57 bits per heavy atom. The van der Waals surface area contributed by atoms with Crippen LogP contribution in [0.25, 0.3) is 28.2 Å². The average Bonchev–Trinajstić information content (AvgIpc) is 3.55. The van der Waals surface area contributed by atoms with E-state index in [2.05, 4.69) is 4.98 Å². The highest BCUT2D eigenvalue weighted by molar-refractivity contribution is 7.15. The fraction of sp³-hybridized carbons (Fsp3) is 0.231. The lowest BCUT2D eigenvalue weighted by molar-refractivity contribution is -0.137. The first-order valence-electron chi connectivity index (χ1n) is 11.0. The molecule has 0 unspecified atom stereocenters. The van der Waals surface area contributed by atoms with E-state index in [1.807, 2.05) is 18.2 Å². The number of hydrogen-bond donors (Lipinski definition) is 0. The summed E-state index contributed by atoms with van der Waals surface area (Å²) < 4.78 is 51.8. The number of thiazole rings is 1. The van der Waals surface area contributed by atoms with E-state index in [1.54, 1.807) is 30.8 Å². The van der Waals surface area contributed by atoms with Gasteiger partial charge in [-0.05, 0) is 60.2 Å². The summed E-state index contributed by atoms with van der Waals surface area (Å²) in [6, 6.07) is 10.1. The van der Waals surface area contributed by atoms with Crippen LogP contribution in [-0.2, 0) is 6.18 Å². The first-order chi connectivity index (χ1) is 16.8. The number of alkyl halides is 3. The van der Waals surface area contributed by atoms with Crippen molar-refractivity contribution < 1.29 is 22.6 Å². The number of methoxy groups -OCH3 is 1. The molecule has 5 rings (SSSR count). The summed E-state index contributed by atoms with van der Waals surface area (Å²) in [5.41, 5.74) is 0.638. The fourth-order valence-corrected chi connectivity index (χ4v) is 4.40. The normalized spacial score (nSPS) is 14.1. The lowest BCUT2D eigenvalue weighted by Gasteiger charge is -2.11. The van der Waals surface area contributed by atoms with Crippen molar-refractivity contribution in [3.05, 3.63) is 81.2 Å². The molecule has 0 saturated heterocycles. The molecule has 1 fully saturated rings. The molecule has 0 amide bonds. The number of ether oxygens (including phenoxy) is 2. The molecule has 1 aliphatic carbocycles. The van der Waals surface area contributed by atoms with Crippen LogP contribution >= 0.6 is 11.3 Å². The van der Waals surface area contributed by atoms with E-state index in [1.165, 1.54) is 40.7 Å². The monoisotopic (exact) mass is 498 g/mol. The van der Waals surface area contributed by atoms with Gasteiger partial charge in [-0.15, -0.1) is 11.3 Å². The molecule has 35 heavy (non-hydrogen) atoms. The summed E-state index contributed by atoms with van der Waals surface area (Å²) in [6.45, 7) is 0.634. The molecular weight excluding hydrogens is 477 g/mol. The van der Waals surface area contributed by atoms with Gasteiger partial charge >= 0.3 is 6.18 Å². The fourth-order valence-electron chi connectivity index (χ4n) is 3.69. The number of halogens is 3. The minimum Gasteiger partial charge on any atom is -0.493 e. The van der Waals surface area contributed by atoms with Crippen LogP contribution in [0.4, 0.5) is 13.2 Å². The Balaban J connectivity index is 1.54. The number of fused-ring (bicyclic) bond motifs is 1. The Bertz CT molecular complexity index is 1450. The van der Waals surface area contributed by atoms with Crippen molar-refractivity contribution in [3.8, 4) is 22.6 Å². The Labute approximate surface area is 203 Å². The SMILES string of the molecule is COc1ccc(C=Cc2nc3sccn3c(=O)c2-c2ccc(C(F)(F)F)cc2)cc1OCC1CC1. The van der Waals surface area contributed by atoms with E-state index >= 15 is 0 Å². The van der Waals surface area contributed by atoms with Crippen LogP contribution in [0, 0.1) is 5.92 Å². The van der Waals surface area contributed by atoms with Gasteiger partial charge in [-0.1, -0.05) is 24.3 Å². The van der Waals surface area contributed by atoms with Crippen LogP contribution in [0.15, 0.2) is 58.8 Å². The predicted molar refractivity (Wildman–Crippen MR) is 130 cm³/mol. The zero-order valence-corrected chi connectivity index (χ0v) is 19.5. The Hall–Kier alpha value is -3.59. The molecule has 9 heteroatoms. The quantitative estimate of drug-likeness (QED) is 0.296. The summed E-state index contributed by atoms with van der Waals surface area (Å²) in [6.07, 6.45) is 2.97. The highest BCUT2D eigenvalue weighted by atomic mass is 32.1. The second-order valence-electron chi connectivity index (χ2n) is 8.31. The molecule has 0 radical (unpaired) electrons. The summed E-state index contributed by atoms with van der Waals surface area (Å²) in [4.78, 5) is 18.3. The summed E-state index contributed by atoms with van der Waals surface area (Å²) in [5, 5.41) is 1.74. The zero-order valence-electron chi connectivity index (χ0n) is 18.7. The average molecular weight is 499 g/mol. The third-order valence-corrected chi connectivity index (χ3v) is 6.54. The second kappa shape index (κ2) is 9.22. The maximum absolute atomic E-state index is 13.2. The molecule has 0 spiro atoms. The highest BCUT2D eigenvalue weighted by Crippen LogP contribution is 2.34. The summed E-state index contributed by atoms with van der Waals surface area (Å²) in [7, 11) is 1.58. The molecule has 1 aliphatic rings. The second-order valence-corrected chi connectivity index (χ2v) is 9.18. The van der Waals surface area contributed by atoms with Gasteiger partial charge in [-0.25, -0.2) is 4.98 Å². The van der Waals surface area contributed by atoms with Gasteiger partial charge in [0, 0.05) is 11.6 Å². The van der Waals surface area contributed by atoms with E-state index < -0.39 is 11.7 Å². The predicted octanol–water partition coefficient (Wildman–Crippen LogP) is 6.41. The number of benzene rings is 2. The van der Waals surface area contributed by atoms with Crippen molar-refractivity contribution >= 4 is 28.4 Å². The summed E-state index contributed by atoms with van der Waals surface area (Å²) >= 11 is 1.30. The molecule has 0 bridgehead atoms. The molecular formula is C26H21F3N2O3S. The van der Waals surface area contributed by atoms with Crippen LogP contribution in [-0.4, -0.2) is 23.1 Å². The largest absolute Gasteiger partial charge is 0.493 e. The van der Waals surface area contributed by atoms with Gasteiger partial charge in [-0.2, -0.15) is 13.2 Å². The number of rotatable bonds is 7. The standard InChI is InChI=1S/C26H21F3N2O3S/c1-33-21-11-5-16(14-22(21)34-15-17-2-3-17)4-10-20-23(24(32)31-12-13-35-25(31)30-20)18-6-8-19(9-7-18)26(27,28)29/h4-14,17H,2-3,15H2,1H3. The van der Waals surface area contributed by atoms with Crippen molar-refractivity contribution in [2.24, 2.45) is 5.92 Å². The van der Waals surface area contributed by atoms with Gasteiger partial charge in [0.05, 0.1) is 30.5 Å². The first-order valence-corrected chi connectivity index (χ1v) is 11.9. The molecule has 2 heterocycles. The molecule has 1 saturated carbocycles. The molecule has 2 aromatic heterocycles. The van der Waals surface area contributed by atoms with Crippen molar-refractivity contribution in [1.82, 2.24) is 9.38 Å². The van der Waals surface area contributed by atoms with E-state index in [0.717, 1.165) is 17.7 Å². The smallest absolute Gasteiger partial charge is 0.416 e. The van der Waals surface area contributed by atoms with Gasteiger partial charge in [0.2, 0.25) is 0 Å². The van der Waals surface area contributed by atoms with Gasteiger partial charge in [-0.3, -0.25) is 9.20 Å². The molecule has 0 atom stereocenters. The van der Waals surface area contributed by atoms with Gasteiger partial charge in [0.15, 0.2) is 16.5 Å². The Morgan fingerprint density at radius 2 is 1.89 bits per heavy atom. The van der Waals surface area contributed by atoms with Crippen molar-refractivity contribution in [1.29, 1.82) is 0 Å². The van der Waals surface area contributed by atoms with Crippen molar-refractivity contribution in [3.63, 3.8) is 0 Å². The zero-order chi connectivity index (χ0) is 24.6. The third-order valence-electron chi connectivity index (χ3n) is 5.79. The minimum atomic E-state index is -4.46. The van der Waals surface area contributed by atoms with Crippen molar-refractivity contribution in [2.45, 2.75) is 19.0 Å². The van der Waals surface area contributed by atoms with Crippen LogP contribution in [0.3, 0.4) is 0 Å². The third kappa shape index (κ3) is 4.95. The highest BCUT2D eigenvalue weighted by Gasteiger charge is 2.30. The lowest BCUT2D eigenvalue weighted by atomic mass is 10.0. The van der Waals surface area contributed by atoms with Crippen molar-refractivity contribution in [2.75, 3.05) is 13.7 Å². The van der Waals surface area contributed by atoms with E-state index in [4.69, 9.17) is 9.47 Å². The van der Waals surface area contributed by atoms with Crippen LogP contribution in [0.5, 0.6) is 11.5 Å². The van der Waals surface area contributed by atoms with Crippen LogP contribution in [0.2, 0.25) is 0 Å². The van der Waals surface area contributed by atoms with E-state index in [-0.39, 0.29) is 11.1 Å². The first kappa shape index (κ1) is 23.2. The number of nitrogens with zero attached hydrogens (tertiary/aromatic N) is 2. The number of aromatic nitrogens is 2. The Kier molecular flexibility index (Phi) is 6.10. The van der Waals surface area contributed by atoms with E-state index in [0.29, 0.717) is 40.2 Å². The van der Waals surface area contributed by atoms with Gasteiger partial charge in [0.1, 0.15) is 0 Å². The maximum atomic E-state index is 13.2. The molecule has 4 aromatic rings. The van der Waals surface area contributed by atoms with Crippen LogP contribution < -0.4 is 15.0 Å². The molecule has 0 aliphatic heterocycles. The summed E-state index contributed by atoms with van der Waals surface area (Å²) in [5.74, 6) is 1.84. The lowest BCUT2D eigenvalue weighted by Crippen LogP contribution is -2.17. The van der Waals surface area contributed by atoms with Crippen LogP contribution in [0.1, 0.15) is 29.7 Å². The number of hydrogen-bond acceptors (Lipinski definition) is 5. The minimum absolute atomic E-state index is 0.226. The Morgan fingerprint density at radius 1 is 1.11 bits per heavy atom. The molecule has 0 N–H and O–H groups in total. The maximum Gasteiger partial charge on any atom is 0.416 e.